The summed E-state index contributed by atoms with van der Waals surface area (Å²) in [6.07, 6.45) is 3.94. The van der Waals surface area contributed by atoms with Crippen molar-refractivity contribution in [3.63, 3.8) is 0 Å². The Morgan fingerprint density at radius 1 is 1.00 bits per heavy atom. The van der Waals surface area contributed by atoms with Gasteiger partial charge in [0.15, 0.2) is 0 Å². The number of carbonyl (C=O) groups excluding carboxylic acids is 1. The molecular formula is C11H24N2O4. The molecule has 0 aromatic rings. The lowest BCUT2D eigenvalue weighted by Gasteiger charge is -2.28. The summed E-state index contributed by atoms with van der Waals surface area (Å²) < 4.78 is 0. The quantitative estimate of drug-likeness (QED) is 0.309. The molecule has 0 aromatic carbocycles. The van der Waals surface area contributed by atoms with Gasteiger partial charge in [-0.1, -0.05) is 12.8 Å². The van der Waals surface area contributed by atoms with Gasteiger partial charge in [-0.25, -0.2) is 0 Å². The number of unbranched alkanes of at least 4 members (excludes halogenated alkanes) is 3. The third-order valence-corrected chi connectivity index (χ3v) is 2.67. The van der Waals surface area contributed by atoms with Crippen molar-refractivity contribution in [2.24, 2.45) is 5.73 Å². The van der Waals surface area contributed by atoms with Gasteiger partial charge in [0.1, 0.15) is 5.54 Å². The summed E-state index contributed by atoms with van der Waals surface area (Å²) in [6, 6.07) is 0. The molecule has 0 spiro atoms. The van der Waals surface area contributed by atoms with Crippen molar-refractivity contribution in [2.45, 2.75) is 37.6 Å². The number of nitrogens with two attached hydrogens (primary N) is 1. The first-order chi connectivity index (χ1) is 8.14. The van der Waals surface area contributed by atoms with Gasteiger partial charge in [0.05, 0.1) is 19.8 Å². The predicted molar refractivity (Wildman–Crippen MR) is 64.3 cm³/mol. The molecule has 0 bridgehead atoms. The van der Waals surface area contributed by atoms with Crippen molar-refractivity contribution >= 4 is 5.91 Å². The number of aliphatic hydroxyl groups excluding tert-OH is 3. The zero-order valence-corrected chi connectivity index (χ0v) is 10.2. The van der Waals surface area contributed by atoms with E-state index in [4.69, 9.17) is 21.1 Å². The average molecular weight is 248 g/mol. The summed E-state index contributed by atoms with van der Waals surface area (Å²) in [5.74, 6) is -0.269. The second-order valence-electron chi connectivity index (χ2n) is 4.26. The van der Waals surface area contributed by atoms with Gasteiger partial charge in [-0.15, -0.1) is 0 Å². The van der Waals surface area contributed by atoms with Gasteiger partial charge in [0.2, 0.25) is 5.91 Å². The van der Waals surface area contributed by atoms with Gasteiger partial charge in [0, 0.05) is 6.42 Å². The topological polar surface area (TPSA) is 116 Å². The van der Waals surface area contributed by atoms with E-state index >= 15 is 0 Å². The van der Waals surface area contributed by atoms with Gasteiger partial charge in [-0.05, 0) is 19.4 Å². The van der Waals surface area contributed by atoms with Crippen molar-refractivity contribution in [1.82, 2.24) is 5.32 Å². The molecule has 0 saturated carbocycles. The lowest BCUT2D eigenvalue weighted by atomic mass is 10.0. The van der Waals surface area contributed by atoms with Crippen molar-refractivity contribution in [3.8, 4) is 0 Å². The number of carbonyl (C=O) groups is 1. The molecule has 1 amide bonds. The van der Waals surface area contributed by atoms with Crippen LogP contribution in [0.3, 0.4) is 0 Å². The zero-order valence-electron chi connectivity index (χ0n) is 10.2. The van der Waals surface area contributed by atoms with Crippen LogP contribution in [0.15, 0.2) is 0 Å². The molecule has 0 aromatic heterocycles. The van der Waals surface area contributed by atoms with E-state index < -0.39 is 25.4 Å². The van der Waals surface area contributed by atoms with Crippen LogP contribution in [0.4, 0.5) is 0 Å². The number of hydrogen-bond acceptors (Lipinski definition) is 5. The lowest BCUT2D eigenvalue weighted by molar-refractivity contribution is -0.125. The van der Waals surface area contributed by atoms with Gasteiger partial charge in [0.25, 0.3) is 0 Å². The molecule has 0 unspecified atom stereocenters. The Kier molecular flexibility index (Phi) is 8.97. The molecule has 0 heterocycles. The zero-order chi connectivity index (χ0) is 13.1. The molecule has 0 aliphatic rings. The van der Waals surface area contributed by atoms with Crippen molar-refractivity contribution in [2.75, 3.05) is 26.4 Å². The van der Waals surface area contributed by atoms with E-state index in [-0.39, 0.29) is 5.91 Å². The molecule has 0 fully saturated rings. The molecule has 0 aliphatic carbocycles. The molecule has 0 saturated heterocycles. The van der Waals surface area contributed by atoms with E-state index in [1.165, 1.54) is 0 Å². The van der Waals surface area contributed by atoms with Gasteiger partial charge >= 0.3 is 0 Å². The molecule has 6 heteroatoms. The van der Waals surface area contributed by atoms with E-state index in [0.717, 1.165) is 25.7 Å². The smallest absolute Gasteiger partial charge is 0.220 e. The highest BCUT2D eigenvalue weighted by atomic mass is 16.3. The molecule has 6 N–H and O–H groups in total. The number of nitrogens with one attached hydrogen (secondary N) is 1. The summed E-state index contributed by atoms with van der Waals surface area (Å²) in [7, 11) is 0. The average Bonchev–Trinajstić information content (AvgIpc) is 2.36. The van der Waals surface area contributed by atoms with E-state index in [1.54, 1.807) is 0 Å². The van der Waals surface area contributed by atoms with Gasteiger partial charge in [-0.2, -0.15) is 0 Å². The van der Waals surface area contributed by atoms with E-state index in [0.29, 0.717) is 13.0 Å². The second kappa shape index (κ2) is 9.35. The summed E-state index contributed by atoms with van der Waals surface area (Å²) in [6.45, 7) is -0.800. The molecule has 0 aliphatic heterocycles. The SMILES string of the molecule is NCCCCCCC(=O)NC(CO)(CO)CO. The lowest BCUT2D eigenvalue weighted by Crippen LogP contribution is -2.57. The third-order valence-electron chi connectivity index (χ3n) is 2.67. The second-order valence-corrected chi connectivity index (χ2v) is 4.26. The number of hydrogen-bond donors (Lipinski definition) is 5. The van der Waals surface area contributed by atoms with E-state index in [1.807, 2.05) is 0 Å². The van der Waals surface area contributed by atoms with Crippen LogP contribution < -0.4 is 11.1 Å². The van der Waals surface area contributed by atoms with E-state index in [9.17, 15) is 4.79 Å². The molecule has 0 atom stereocenters. The Bertz CT molecular complexity index is 199. The third kappa shape index (κ3) is 6.58. The first-order valence-electron chi connectivity index (χ1n) is 5.98. The predicted octanol–water partition coefficient (Wildman–Crippen LogP) is -1.27. The maximum absolute atomic E-state index is 11.5. The molecule has 0 radical (unpaired) electrons. The first-order valence-corrected chi connectivity index (χ1v) is 5.98. The monoisotopic (exact) mass is 248 g/mol. The highest BCUT2D eigenvalue weighted by Crippen LogP contribution is 2.06. The van der Waals surface area contributed by atoms with Crippen LogP contribution in [-0.4, -0.2) is 53.1 Å². The Morgan fingerprint density at radius 2 is 1.53 bits per heavy atom. The minimum atomic E-state index is -1.31. The summed E-state index contributed by atoms with van der Waals surface area (Å²) >= 11 is 0. The molecule has 102 valence electrons. The maximum atomic E-state index is 11.5. The van der Waals surface area contributed by atoms with Crippen molar-refractivity contribution < 1.29 is 20.1 Å². The van der Waals surface area contributed by atoms with Gasteiger partial charge in [-0.3, -0.25) is 4.79 Å². The normalized spacial score (nSPS) is 11.5. The van der Waals surface area contributed by atoms with Crippen LogP contribution in [-0.2, 0) is 4.79 Å². The Labute approximate surface area is 102 Å². The highest BCUT2D eigenvalue weighted by Gasteiger charge is 2.29. The van der Waals surface area contributed by atoms with Crippen LogP contribution in [0.2, 0.25) is 0 Å². The van der Waals surface area contributed by atoms with Crippen LogP contribution in [0.5, 0.6) is 0 Å². The maximum Gasteiger partial charge on any atom is 0.220 e. The summed E-state index contributed by atoms with van der Waals surface area (Å²) in [5.41, 5.74) is 4.03. The van der Waals surface area contributed by atoms with Crippen LogP contribution in [0, 0.1) is 0 Å². The minimum absolute atomic E-state index is 0.269. The van der Waals surface area contributed by atoms with E-state index in [2.05, 4.69) is 5.32 Å². The first kappa shape index (κ1) is 16.3. The number of rotatable bonds is 10. The van der Waals surface area contributed by atoms with Crippen molar-refractivity contribution in [1.29, 1.82) is 0 Å². The highest BCUT2D eigenvalue weighted by molar-refractivity contribution is 5.76. The van der Waals surface area contributed by atoms with Crippen molar-refractivity contribution in [3.05, 3.63) is 0 Å². The molecule has 0 rings (SSSR count). The molecule has 17 heavy (non-hydrogen) atoms. The number of amides is 1. The fourth-order valence-electron chi connectivity index (χ4n) is 1.41. The van der Waals surface area contributed by atoms with Gasteiger partial charge < -0.3 is 26.4 Å². The summed E-state index contributed by atoms with van der Waals surface area (Å²) in [4.78, 5) is 11.5. The largest absolute Gasteiger partial charge is 0.394 e. The summed E-state index contributed by atoms with van der Waals surface area (Å²) in [5, 5.41) is 29.5. The molecular weight excluding hydrogens is 224 g/mol. The Hall–Kier alpha value is -0.690. The van der Waals surface area contributed by atoms with Crippen LogP contribution >= 0.6 is 0 Å². The number of aliphatic hydroxyl groups is 3. The Morgan fingerprint density at radius 3 is 2.00 bits per heavy atom. The van der Waals surface area contributed by atoms with Crippen LogP contribution in [0.25, 0.3) is 0 Å². The Balaban J connectivity index is 3.83. The molecule has 6 nitrogen and oxygen atoms in total. The fourth-order valence-corrected chi connectivity index (χ4v) is 1.41. The van der Waals surface area contributed by atoms with Crippen LogP contribution in [0.1, 0.15) is 32.1 Å². The minimum Gasteiger partial charge on any atom is -0.394 e. The standard InChI is InChI=1S/C11H24N2O4/c12-6-4-2-1-3-5-10(17)13-11(7-14,8-15)9-16/h14-16H,1-9,12H2,(H,13,17). The fraction of sp³-hybridized carbons (Fsp3) is 0.909.